The van der Waals surface area contributed by atoms with Gasteiger partial charge in [-0.3, -0.25) is 4.79 Å². The van der Waals surface area contributed by atoms with Gasteiger partial charge >= 0.3 is 0 Å². The summed E-state index contributed by atoms with van der Waals surface area (Å²) in [6, 6.07) is 1.56. The fraction of sp³-hybridized carbons (Fsp3) is 0.333. The van der Waals surface area contributed by atoms with Crippen molar-refractivity contribution in [2.24, 2.45) is 16.8 Å². The van der Waals surface area contributed by atoms with Gasteiger partial charge in [0.05, 0.1) is 11.8 Å². The fourth-order valence-electron chi connectivity index (χ4n) is 0.945. The van der Waals surface area contributed by atoms with Gasteiger partial charge in [-0.25, -0.2) is 0 Å². The molecule has 15 heavy (non-hydrogen) atoms. The van der Waals surface area contributed by atoms with E-state index in [1.165, 1.54) is 12.5 Å². The molecule has 0 spiro atoms. The Kier molecular flexibility index (Phi) is 3.73. The summed E-state index contributed by atoms with van der Waals surface area (Å²) < 4.78 is 4.76. The lowest BCUT2D eigenvalue weighted by atomic mass is 10.1. The van der Waals surface area contributed by atoms with Crippen molar-refractivity contribution in [3.8, 4) is 0 Å². The van der Waals surface area contributed by atoms with Crippen molar-refractivity contribution < 1.29 is 14.4 Å². The number of nitrogens with zero attached hydrogens (tertiary/aromatic N) is 1. The van der Waals surface area contributed by atoms with Gasteiger partial charge in [-0.2, -0.15) is 0 Å². The van der Waals surface area contributed by atoms with Gasteiger partial charge in [0.1, 0.15) is 12.1 Å². The number of rotatable bonds is 4. The first-order chi connectivity index (χ1) is 7.15. The van der Waals surface area contributed by atoms with Gasteiger partial charge in [0, 0.05) is 12.5 Å². The molecule has 1 atom stereocenters. The van der Waals surface area contributed by atoms with E-state index in [4.69, 9.17) is 15.4 Å². The zero-order chi connectivity index (χ0) is 11.3. The number of hydrogen-bond donors (Lipinski definition) is 3. The van der Waals surface area contributed by atoms with Gasteiger partial charge in [0.25, 0.3) is 5.91 Å². The smallest absolute Gasteiger partial charge is 0.254 e. The summed E-state index contributed by atoms with van der Waals surface area (Å²) in [4.78, 5) is 11.4. The first kappa shape index (κ1) is 11.1. The molecular formula is C9H13N3O3. The Hall–Kier alpha value is -1.98. The number of furan rings is 1. The van der Waals surface area contributed by atoms with Crippen LogP contribution in [0.1, 0.15) is 17.3 Å². The number of oxime groups is 1. The molecule has 0 aromatic carbocycles. The molecule has 0 aliphatic carbocycles. The first-order valence-corrected chi connectivity index (χ1v) is 4.43. The van der Waals surface area contributed by atoms with E-state index in [1.54, 1.807) is 13.0 Å². The van der Waals surface area contributed by atoms with Crippen LogP contribution in [0.4, 0.5) is 0 Å². The summed E-state index contributed by atoms with van der Waals surface area (Å²) in [5.74, 6) is -0.380. The Morgan fingerprint density at radius 1 is 1.80 bits per heavy atom. The van der Waals surface area contributed by atoms with Crippen LogP contribution in [0, 0.1) is 5.92 Å². The SMILES string of the molecule is CC(CNC(=O)c1ccoc1)C(N)=NO. The predicted octanol–water partition coefficient (Wildman–Crippen LogP) is 0.392. The molecule has 0 saturated heterocycles. The molecular weight excluding hydrogens is 198 g/mol. The Morgan fingerprint density at radius 2 is 2.53 bits per heavy atom. The molecule has 1 amide bonds. The van der Waals surface area contributed by atoms with E-state index in [1.807, 2.05) is 0 Å². The largest absolute Gasteiger partial charge is 0.472 e. The Morgan fingerprint density at radius 3 is 3.07 bits per heavy atom. The number of nitrogens with two attached hydrogens (primary N) is 1. The number of carbonyl (C=O) groups excluding carboxylic acids is 1. The highest BCUT2D eigenvalue weighted by Crippen LogP contribution is 2.00. The van der Waals surface area contributed by atoms with Gasteiger partial charge in [-0.1, -0.05) is 12.1 Å². The Balaban J connectivity index is 2.41. The second kappa shape index (κ2) is 5.04. The van der Waals surface area contributed by atoms with Gasteiger partial charge in [-0.05, 0) is 6.07 Å². The van der Waals surface area contributed by atoms with E-state index in [0.717, 1.165) is 0 Å². The number of carbonyl (C=O) groups is 1. The number of amidine groups is 1. The minimum Gasteiger partial charge on any atom is -0.472 e. The van der Waals surface area contributed by atoms with Gasteiger partial charge in [0.2, 0.25) is 0 Å². The third-order valence-electron chi connectivity index (χ3n) is 1.97. The van der Waals surface area contributed by atoms with Crippen LogP contribution >= 0.6 is 0 Å². The van der Waals surface area contributed by atoms with Crippen molar-refractivity contribution in [1.29, 1.82) is 0 Å². The van der Waals surface area contributed by atoms with Crippen LogP contribution in [0.3, 0.4) is 0 Å². The monoisotopic (exact) mass is 211 g/mol. The van der Waals surface area contributed by atoms with Crippen LogP contribution in [0.2, 0.25) is 0 Å². The van der Waals surface area contributed by atoms with E-state index >= 15 is 0 Å². The van der Waals surface area contributed by atoms with Crippen molar-refractivity contribution in [1.82, 2.24) is 5.32 Å². The lowest BCUT2D eigenvalue weighted by Gasteiger charge is -2.09. The van der Waals surface area contributed by atoms with Crippen LogP contribution in [0.25, 0.3) is 0 Å². The second-order valence-electron chi connectivity index (χ2n) is 3.15. The molecule has 1 heterocycles. The maximum Gasteiger partial charge on any atom is 0.254 e. The summed E-state index contributed by atoms with van der Waals surface area (Å²) in [7, 11) is 0. The van der Waals surface area contributed by atoms with E-state index in [9.17, 15) is 4.79 Å². The molecule has 1 aromatic heterocycles. The molecule has 1 unspecified atom stereocenters. The molecule has 1 rings (SSSR count). The van der Waals surface area contributed by atoms with E-state index in [-0.39, 0.29) is 17.7 Å². The Bertz CT molecular complexity index is 345. The van der Waals surface area contributed by atoms with Crippen molar-refractivity contribution in [3.05, 3.63) is 24.2 Å². The van der Waals surface area contributed by atoms with E-state index < -0.39 is 0 Å². The zero-order valence-electron chi connectivity index (χ0n) is 8.30. The average Bonchev–Trinajstić information content (AvgIpc) is 2.77. The minimum atomic E-state index is -0.249. The van der Waals surface area contributed by atoms with Crippen LogP contribution in [-0.2, 0) is 0 Å². The molecule has 6 nitrogen and oxygen atoms in total. The van der Waals surface area contributed by atoms with Crippen LogP contribution in [-0.4, -0.2) is 23.5 Å². The molecule has 6 heteroatoms. The standard InChI is InChI=1S/C9H13N3O3/c1-6(8(10)12-14)4-11-9(13)7-2-3-15-5-7/h2-3,5-6,14H,4H2,1H3,(H2,10,12)(H,11,13). The topological polar surface area (TPSA) is 101 Å². The van der Waals surface area contributed by atoms with Crippen molar-refractivity contribution in [3.63, 3.8) is 0 Å². The maximum atomic E-state index is 11.4. The van der Waals surface area contributed by atoms with Gasteiger partial charge < -0.3 is 20.7 Å². The van der Waals surface area contributed by atoms with Crippen LogP contribution < -0.4 is 11.1 Å². The van der Waals surface area contributed by atoms with Gasteiger partial charge in [0.15, 0.2) is 0 Å². The van der Waals surface area contributed by atoms with Gasteiger partial charge in [-0.15, -0.1) is 0 Å². The molecule has 0 aliphatic heterocycles. The highest BCUT2D eigenvalue weighted by Gasteiger charge is 2.11. The lowest BCUT2D eigenvalue weighted by Crippen LogP contribution is -2.34. The highest BCUT2D eigenvalue weighted by molar-refractivity contribution is 5.94. The van der Waals surface area contributed by atoms with Crippen molar-refractivity contribution in [2.75, 3.05) is 6.54 Å². The predicted molar refractivity (Wildman–Crippen MR) is 53.6 cm³/mol. The quantitative estimate of drug-likeness (QED) is 0.290. The molecule has 4 N–H and O–H groups in total. The number of hydrogen-bond acceptors (Lipinski definition) is 4. The molecule has 0 fully saturated rings. The van der Waals surface area contributed by atoms with Crippen molar-refractivity contribution in [2.45, 2.75) is 6.92 Å². The average molecular weight is 211 g/mol. The third-order valence-corrected chi connectivity index (χ3v) is 1.97. The first-order valence-electron chi connectivity index (χ1n) is 4.43. The maximum absolute atomic E-state index is 11.4. The number of amides is 1. The minimum absolute atomic E-state index is 0.0856. The molecule has 0 bridgehead atoms. The third kappa shape index (κ3) is 3.01. The van der Waals surface area contributed by atoms with Crippen LogP contribution in [0.15, 0.2) is 28.2 Å². The Labute approximate surface area is 86.7 Å². The highest BCUT2D eigenvalue weighted by atomic mass is 16.4. The normalized spacial score (nSPS) is 13.5. The van der Waals surface area contributed by atoms with E-state index in [2.05, 4.69) is 10.5 Å². The molecule has 1 aromatic rings. The number of nitrogens with one attached hydrogen (secondary N) is 1. The lowest BCUT2D eigenvalue weighted by molar-refractivity contribution is 0.0950. The zero-order valence-corrected chi connectivity index (χ0v) is 8.30. The summed E-state index contributed by atoms with van der Waals surface area (Å²) in [5, 5.41) is 13.9. The summed E-state index contributed by atoms with van der Waals surface area (Å²) in [5.41, 5.74) is 5.80. The molecule has 0 radical (unpaired) electrons. The van der Waals surface area contributed by atoms with Crippen LogP contribution in [0.5, 0.6) is 0 Å². The van der Waals surface area contributed by atoms with Crippen molar-refractivity contribution >= 4 is 11.7 Å². The summed E-state index contributed by atoms with van der Waals surface area (Å²) in [6.45, 7) is 2.05. The second-order valence-corrected chi connectivity index (χ2v) is 3.15. The molecule has 82 valence electrons. The molecule has 0 saturated carbocycles. The molecule has 0 aliphatic rings. The summed E-state index contributed by atoms with van der Waals surface area (Å²) in [6.07, 6.45) is 2.77. The summed E-state index contributed by atoms with van der Waals surface area (Å²) >= 11 is 0. The van der Waals surface area contributed by atoms with E-state index in [0.29, 0.717) is 12.1 Å². The fourth-order valence-corrected chi connectivity index (χ4v) is 0.945.